The minimum absolute atomic E-state index is 0.0153. The standard InChI is InChI=1S/C16H24F3NO3/c1-10-13(15(22)23)3-2-8-20(10)14(21)9-11-4-6-12(7-5-11)16(17,18)19/h10-13H,2-9H2,1H3,(H,22,23)/t10-,11?,12?,13-/m1/s1. The summed E-state index contributed by atoms with van der Waals surface area (Å²) in [7, 11) is 0. The topological polar surface area (TPSA) is 57.6 Å². The van der Waals surface area contributed by atoms with Gasteiger partial charge in [-0.15, -0.1) is 0 Å². The number of amides is 1. The van der Waals surface area contributed by atoms with E-state index in [0.717, 1.165) is 0 Å². The van der Waals surface area contributed by atoms with Gasteiger partial charge in [0, 0.05) is 19.0 Å². The van der Waals surface area contributed by atoms with E-state index in [2.05, 4.69) is 0 Å². The van der Waals surface area contributed by atoms with Crippen LogP contribution >= 0.6 is 0 Å². The molecule has 2 rings (SSSR count). The lowest BCUT2D eigenvalue weighted by Gasteiger charge is -2.39. The Hall–Kier alpha value is -1.27. The average molecular weight is 335 g/mol. The molecule has 23 heavy (non-hydrogen) atoms. The second-order valence-electron chi connectivity index (χ2n) is 6.88. The van der Waals surface area contributed by atoms with Gasteiger partial charge in [-0.2, -0.15) is 13.2 Å². The van der Waals surface area contributed by atoms with Crippen molar-refractivity contribution in [3.8, 4) is 0 Å². The predicted octanol–water partition coefficient (Wildman–Crippen LogP) is 3.46. The fourth-order valence-electron chi connectivity index (χ4n) is 3.88. The summed E-state index contributed by atoms with van der Waals surface area (Å²) < 4.78 is 38.0. The van der Waals surface area contributed by atoms with Crippen molar-refractivity contribution in [1.82, 2.24) is 4.90 Å². The molecule has 0 aromatic carbocycles. The summed E-state index contributed by atoms with van der Waals surface area (Å²) in [4.78, 5) is 25.3. The minimum Gasteiger partial charge on any atom is -0.481 e. The third-order valence-electron chi connectivity index (χ3n) is 5.40. The van der Waals surface area contributed by atoms with Crippen LogP contribution in [0.3, 0.4) is 0 Å². The quantitative estimate of drug-likeness (QED) is 0.859. The highest BCUT2D eigenvalue weighted by atomic mass is 19.4. The van der Waals surface area contributed by atoms with E-state index >= 15 is 0 Å². The van der Waals surface area contributed by atoms with Crippen LogP contribution in [0.4, 0.5) is 13.2 Å². The van der Waals surface area contributed by atoms with Crippen LogP contribution < -0.4 is 0 Å². The first-order valence-electron chi connectivity index (χ1n) is 8.29. The molecule has 1 N–H and O–H groups in total. The van der Waals surface area contributed by atoms with Gasteiger partial charge in [0.05, 0.1) is 11.8 Å². The summed E-state index contributed by atoms with van der Waals surface area (Å²) in [5.74, 6) is -2.80. The van der Waals surface area contributed by atoms with Crippen LogP contribution in [0.25, 0.3) is 0 Å². The molecule has 1 amide bonds. The maximum absolute atomic E-state index is 12.7. The van der Waals surface area contributed by atoms with E-state index in [-0.39, 0.29) is 37.1 Å². The predicted molar refractivity (Wildman–Crippen MR) is 77.7 cm³/mol. The number of likely N-dealkylation sites (tertiary alicyclic amines) is 1. The van der Waals surface area contributed by atoms with Gasteiger partial charge in [-0.1, -0.05) is 0 Å². The first-order chi connectivity index (χ1) is 10.7. The smallest absolute Gasteiger partial charge is 0.391 e. The molecule has 0 aromatic rings. The van der Waals surface area contributed by atoms with Crippen LogP contribution in [0.15, 0.2) is 0 Å². The number of hydrogen-bond donors (Lipinski definition) is 1. The van der Waals surface area contributed by atoms with Crippen molar-refractivity contribution >= 4 is 11.9 Å². The van der Waals surface area contributed by atoms with Crippen molar-refractivity contribution in [3.05, 3.63) is 0 Å². The molecule has 1 saturated carbocycles. The minimum atomic E-state index is -4.13. The van der Waals surface area contributed by atoms with Gasteiger partial charge < -0.3 is 10.0 Å². The molecule has 7 heteroatoms. The monoisotopic (exact) mass is 335 g/mol. The molecule has 0 radical (unpaired) electrons. The highest BCUT2D eigenvalue weighted by molar-refractivity contribution is 5.79. The van der Waals surface area contributed by atoms with Crippen molar-refractivity contribution in [1.29, 1.82) is 0 Å². The highest BCUT2D eigenvalue weighted by Gasteiger charge is 2.42. The van der Waals surface area contributed by atoms with Crippen molar-refractivity contribution in [2.24, 2.45) is 17.8 Å². The van der Waals surface area contributed by atoms with Crippen molar-refractivity contribution in [3.63, 3.8) is 0 Å². The molecular formula is C16H24F3NO3. The lowest BCUT2D eigenvalue weighted by molar-refractivity contribution is -0.184. The number of carboxylic acid groups (broad SMARTS) is 1. The fourth-order valence-corrected chi connectivity index (χ4v) is 3.88. The largest absolute Gasteiger partial charge is 0.481 e. The summed E-state index contributed by atoms with van der Waals surface area (Å²) in [6.45, 7) is 2.29. The number of carboxylic acids is 1. The van der Waals surface area contributed by atoms with Gasteiger partial charge in [-0.3, -0.25) is 9.59 Å². The van der Waals surface area contributed by atoms with Gasteiger partial charge in [0.15, 0.2) is 0 Å². The molecule has 2 atom stereocenters. The van der Waals surface area contributed by atoms with E-state index in [9.17, 15) is 27.9 Å². The molecule has 0 aromatic heterocycles. The molecule has 1 saturated heterocycles. The van der Waals surface area contributed by atoms with Crippen LogP contribution in [0, 0.1) is 17.8 Å². The lowest BCUT2D eigenvalue weighted by atomic mass is 9.79. The molecule has 0 bridgehead atoms. The summed E-state index contributed by atoms with van der Waals surface area (Å²) in [6.07, 6.45) is -1.65. The number of aliphatic carboxylic acids is 1. The zero-order valence-corrected chi connectivity index (χ0v) is 13.3. The number of nitrogens with zero attached hydrogens (tertiary/aromatic N) is 1. The summed E-state index contributed by atoms with van der Waals surface area (Å²) in [5, 5.41) is 9.19. The number of halogens is 3. The number of carbonyl (C=O) groups excluding carboxylic acids is 1. The molecule has 2 fully saturated rings. The molecule has 0 spiro atoms. The van der Waals surface area contributed by atoms with E-state index in [1.807, 2.05) is 0 Å². The average Bonchev–Trinajstić information content (AvgIpc) is 2.46. The van der Waals surface area contributed by atoms with E-state index in [1.54, 1.807) is 11.8 Å². The van der Waals surface area contributed by atoms with Gasteiger partial charge in [0.1, 0.15) is 0 Å². The molecule has 1 aliphatic carbocycles. The van der Waals surface area contributed by atoms with E-state index < -0.39 is 24.0 Å². The van der Waals surface area contributed by atoms with Gasteiger partial charge in [0.25, 0.3) is 0 Å². The Labute approximate surface area is 134 Å². The summed E-state index contributed by atoms with van der Waals surface area (Å²) in [6, 6.07) is -0.347. The fraction of sp³-hybridized carbons (Fsp3) is 0.875. The van der Waals surface area contributed by atoms with Crippen LogP contribution in [0.1, 0.15) is 51.9 Å². The zero-order chi connectivity index (χ0) is 17.2. The highest BCUT2D eigenvalue weighted by Crippen LogP contribution is 2.40. The van der Waals surface area contributed by atoms with Gasteiger partial charge >= 0.3 is 12.1 Å². The van der Waals surface area contributed by atoms with E-state index in [1.165, 1.54) is 0 Å². The lowest BCUT2D eigenvalue weighted by Crippen LogP contribution is -2.49. The molecule has 1 aliphatic heterocycles. The SMILES string of the molecule is C[C@@H]1[C@H](C(=O)O)CCCN1C(=O)CC1CCC(C(F)(F)F)CC1. The van der Waals surface area contributed by atoms with Crippen LogP contribution in [0.2, 0.25) is 0 Å². The van der Waals surface area contributed by atoms with Crippen LogP contribution in [0.5, 0.6) is 0 Å². The number of hydrogen-bond acceptors (Lipinski definition) is 2. The first-order valence-corrected chi connectivity index (χ1v) is 8.29. The number of alkyl halides is 3. The molecule has 0 unspecified atom stereocenters. The Morgan fingerprint density at radius 2 is 1.74 bits per heavy atom. The van der Waals surface area contributed by atoms with Crippen molar-refractivity contribution in [2.45, 2.75) is 64.1 Å². The third-order valence-corrected chi connectivity index (χ3v) is 5.40. The molecular weight excluding hydrogens is 311 g/mol. The maximum atomic E-state index is 12.7. The van der Waals surface area contributed by atoms with Gasteiger partial charge in [-0.05, 0) is 51.4 Å². The zero-order valence-electron chi connectivity index (χ0n) is 13.3. The second kappa shape index (κ2) is 7.09. The Bertz CT molecular complexity index is 444. The summed E-state index contributed by atoms with van der Waals surface area (Å²) in [5.41, 5.74) is 0. The molecule has 1 heterocycles. The number of piperidine rings is 1. The number of rotatable bonds is 3. The molecule has 4 nitrogen and oxygen atoms in total. The van der Waals surface area contributed by atoms with Crippen molar-refractivity contribution < 1.29 is 27.9 Å². The Morgan fingerprint density at radius 1 is 1.13 bits per heavy atom. The first kappa shape index (κ1) is 18.1. The second-order valence-corrected chi connectivity index (χ2v) is 6.88. The van der Waals surface area contributed by atoms with E-state index in [4.69, 9.17) is 0 Å². The number of carbonyl (C=O) groups is 2. The van der Waals surface area contributed by atoms with E-state index in [0.29, 0.717) is 32.2 Å². The Morgan fingerprint density at radius 3 is 2.26 bits per heavy atom. The van der Waals surface area contributed by atoms with Gasteiger partial charge in [0.2, 0.25) is 5.91 Å². The Balaban J connectivity index is 1.86. The Kier molecular flexibility index (Phi) is 5.57. The molecule has 132 valence electrons. The normalized spacial score (nSPS) is 32.6. The molecule has 2 aliphatic rings. The van der Waals surface area contributed by atoms with Crippen LogP contribution in [-0.4, -0.2) is 40.6 Å². The van der Waals surface area contributed by atoms with Crippen LogP contribution in [-0.2, 0) is 9.59 Å². The third kappa shape index (κ3) is 4.38. The summed E-state index contributed by atoms with van der Waals surface area (Å²) >= 11 is 0. The maximum Gasteiger partial charge on any atom is 0.391 e. The van der Waals surface area contributed by atoms with Crippen molar-refractivity contribution in [2.75, 3.05) is 6.54 Å². The van der Waals surface area contributed by atoms with Gasteiger partial charge in [-0.25, -0.2) is 0 Å².